The van der Waals surface area contributed by atoms with Crippen LogP contribution in [-0.4, -0.2) is 36.2 Å². The van der Waals surface area contributed by atoms with Crippen molar-refractivity contribution in [2.75, 3.05) is 26.2 Å². The van der Waals surface area contributed by atoms with Crippen molar-refractivity contribution in [2.45, 2.75) is 26.8 Å². The Morgan fingerprint density at radius 3 is 2.42 bits per heavy atom. The van der Waals surface area contributed by atoms with Gasteiger partial charge in [-0.25, -0.2) is 0 Å². The van der Waals surface area contributed by atoms with Crippen LogP contribution >= 0.6 is 12.2 Å². The Morgan fingerprint density at radius 2 is 1.79 bits per heavy atom. The van der Waals surface area contributed by atoms with Crippen LogP contribution in [0.15, 0.2) is 30.3 Å². The monoisotopic (exact) mass is 279 g/mol. The van der Waals surface area contributed by atoms with E-state index < -0.39 is 0 Å². The van der Waals surface area contributed by atoms with Crippen molar-refractivity contribution in [3.05, 3.63) is 35.9 Å². The maximum Gasteiger partial charge on any atom is 0.166 e. The van der Waals surface area contributed by atoms with Gasteiger partial charge in [-0.1, -0.05) is 44.2 Å². The molecule has 1 aromatic carbocycles. The van der Waals surface area contributed by atoms with Crippen molar-refractivity contribution in [1.29, 1.82) is 0 Å². The van der Waals surface area contributed by atoms with E-state index in [1.807, 2.05) is 18.2 Å². The molecule has 0 atom stereocenters. The zero-order chi connectivity index (χ0) is 13.9. The van der Waals surface area contributed by atoms with E-state index in [0.717, 1.165) is 44.3 Å². The molecule has 0 saturated heterocycles. The molecule has 0 bridgehead atoms. The fourth-order valence-corrected chi connectivity index (χ4v) is 2.06. The molecule has 0 aliphatic carbocycles. The number of thiocarbonyl (C=S) groups is 1. The van der Waals surface area contributed by atoms with Crippen LogP contribution in [0.3, 0.4) is 0 Å². The maximum absolute atomic E-state index is 5.25. The summed E-state index contributed by atoms with van der Waals surface area (Å²) in [5.74, 6) is 0. The molecule has 1 aromatic rings. The number of benzene rings is 1. The number of nitrogens with one attached hydrogen (secondary N) is 2. The Kier molecular flexibility index (Phi) is 8.18. The van der Waals surface area contributed by atoms with Gasteiger partial charge in [-0.3, -0.25) is 0 Å². The largest absolute Gasteiger partial charge is 0.363 e. The van der Waals surface area contributed by atoms with E-state index in [-0.39, 0.29) is 0 Å². The summed E-state index contributed by atoms with van der Waals surface area (Å²) in [6.45, 7) is 9.47. The molecule has 0 fully saturated rings. The quantitative estimate of drug-likeness (QED) is 0.564. The molecular weight excluding hydrogens is 254 g/mol. The second kappa shape index (κ2) is 9.75. The highest BCUT2D eigenvalue weighted by Gasteiger charge is 1.99. The molecule has 106 valence electrons. The lowest BCUT2D eigenvalue weighted by Gasteiger charge is -2.18. The van der Waals surface area contributed by atoms with Crippen molar-refractivity contribution >= 4 is 17.3 Å². The first-order valence-corrected chi connectivity index (χ1v) is 7.45. The summed E-state index contributed by atoms with van der Waals surface area (Å²) in [6.07, 6.45) is 1.12. The van der Waals surface area contributed by atoms with Crippen LogP contribution in [0.5, 0.6) is 0 Å². The van der Waals surface area contributed by atoms with E-state index in [9.17, 15) is 0 Å². The predicted molar refractivity (Wildman–Crippen MR) is 86.3 cm³/mol. The van der Waals surface area contributed by atoms with Gasteiger partial charge < -0.3 is 15.5 Å². The molecule has 0 heterocycles. The van der Waals surface area contributed by atoms with Crippen LogP contribution in [0.25, 0.3) is 0 Å². The van der Waals surface area contributed by atoms with Crippen LogP contribution in [0.2, 0.25) is 0 Å². The highest BCUT2D eigenvalue weighted by atomic mass is 32.1. The average Bonchev–Trinajstić information content (AvgIpc) is 2.46. The predicted octanol–water partition coefficient (Wildman–Crippen LogP) is 2.38. The zero-order valence-corrected chi connectivity index (χ0v) is 12.8. The third-order valence-electron chi connectivity index (χ3n) is 3.13. The van der Waals surface area contributed by atoms with E-state index in [0.29, 0.717) is 0 Å². The Hall–Kier alpha value is -1.13. The second-order valence-electron chi connectivity index (χ2n) is 4.48. The highest BCUT2D eigenvalue weighted by molar-refractivity contribution is 7.80. The van der Waals surface area contributed by atoms with Crippen LogP contribution in [-0.2, 0) is 6.54 Å². The number of rotatable bonds is 8. The van der Waals surface area contributed by atoms with E-state index >= 15 is 0 Å². The Bertz CT molecular complexity index is 350. The summed E-state index contributed by atoms with van der Waals surface area (Å²) in [5.41, 5.74) is 1.25. The molecule has 19 heavy (non-hydrogen) atoms. The fraction of sp³-hybridized carbons (Fsp3) is 0.533. The van der Waals surface area contributed by atoms with Gasteiger partial charge >= 0.3 is 0 Å². The van der Waals surface area contributed by atoms with Gasteiger partial charge in [0.15, 0.2) is 5.11 Å². The Labute approximate surface area is 122 Å². The summed E-state index contributed by atoms with van der Waals surface area (Å²) < 4.78 is 0. The third kappa shape index (κ3) is 7.13. The first kappa shape index (κ1) is 15.9. The lowest BCUT2D eigenvalue weighted by Crippen LogP contribution is -2.36. The fourth-order valence-electron chi connectivity index (χ4n) is 1.89. The molecule has 1 rings (SSSR count). The van der Waals surface area contributed by atoms with E-state index in [1.165, 1.54) is 5.56 Å². The molecule has 0 saturated carbocycles. The van der Waals surface area contributed by atoms with E-state index in [4.69, 9.17) is 12.2 Å². The van der Waals surface area contributed by atoms with Crippen LogP contribution in [0, 0.1) is 0 Å². The van der Waals surface area contributed by atoms with Crippen molar-refractivity contribution in [3.63, 3.8) is 0 Å². The minimum Gasteiger partial charge on any atom is -0.363 e. The molecule has 0 amide bonds. The standard InChI is InChI=1S/C15H25N3S/c1-3-18(4-2)12-8-11-16-15(19)17-13-14-9-6-5-7-10-14/h5-7,9-10H,3-4,8,11-13H2,1-2H3,(H2,16,17,19). The molecule has 0 aliphatic rings. The maximum atomic E-state index is 5.25. The van der Waals surface area contributed by atoms with Crippen molar-refractivity contribution in [3.8, 4) is 0 Å². The average molecular weight is 279 g/mol. The van der Waals surface area contributed by atoms with Gasteiger partial charge in [0.1, 0.15) is 0 Å². The van der Waals surface area contributed by atoms with Crippen molar-refractivity contribution < 1.29 is 0 Å². The summed E-state index contributed by atoms with van der Waals surface area (Å²) in [5, 5.41) is 7.21. The van der Waals surface area contributed by atoms with Gasteiger partial charge in [-0.2, -0.15) is 0 Å². The third-order valence-corrected chi connectivity index (χ3v) is 3.42. The van der Waals surface area contributed by atoms with Crippen LogP contribution in [0.4, 0.5) is 0 Å². The first-order valence-electron chi connectivity index (χ1n) is 7.04. The lowest BCUT2D eigenvalue weighted by atomic mass is 10.2. The topological polar surface area (TPSA) is 27.3 Å². The van der Waals surface area contributed by atoms with Crippen molar-refractivity contribution in [2.24, 2.45) is 0 Å². The lowest BCUT2D eigenvalue weighted by molar-refractivity contribution is 0.300. The SMILES string of the molecule is CCN(CC)CCCNC(=S)NCc1ccccc1. The summed E-state index contributed by atoms with van der Waals surface area (Å²) in [6, 6.07) is 10.3. The normalized spacial score (nSPS) is 10.5. The molecule has 3 nitrogen and oxygen atoms in total. The molecule has 0 aromatic heterocycles. The minimum absolute atomic E-state index is 0.739. The molecule has 2 N–H and O–H groups in total. The first-order chi connectivity index (χ1) is 9.26. The van der Waals surface area contributed by atoms with E-state index in [1.54, 1.807) is 0 Å². The number of hydrogen-bond donors (Lipinski definition) is 2. The summed E-state index contributed by atoms with van der Waals surface area (Å²) >= 11 is 5.25. The Morgan fingerprint density at radius 1 is 1.11 bits per heavy atom. The molecule has 4 heteroatoms. The molecular formula is C15H25N3S. The number of hydrogen-bond acceptors (Lipinski definition) is 2. The van der Waals surface area contributed by atoms with E-state index in [2.05, 4.69) is 41.5 Å². The molecule has 0 aliphatic heterocycles. The van der Waals surface area contributed by atoms with Gasteiger partial charge in [0.05, 0.1) is 0 Å². The Balaban J connectivity index is 2.08. The molecule has 0 spiro atoms. The van der Waals surface area contributed by atoms with Gasteiger partial charge in [0, 0.05) is 13.1 Å². The zero-order valence-electron chi connectivity index (χ0n) is 12.0. The summed E-state index contributed by atoms with van der Waals surface area (Å²) in [7, 11) is 0. The highest BCUT2D eigenvalue weighted by Crippen LogP contribution is 1.96. The van der Waals surface area contributed by atoms with Gasteiger partial charge in [0.25, 0.3) is 0 Å². The smallest absolute Gasteiger partial charge is 0.166 e. The van der Waals surface area contributed by atoms with Gasteiger partial charge in [-0.05, 0) is 43.8 Å². The second-order valence-corrected chi connectivity index (χ2v) is 4.88. The molecule has 0 radical (unpaired) electrons. The number of nitrogens with zero attached hydrogens (tertiary/aromatic N) is 1. The van der Waals surface area contributed by atoms with Gasteiger partial charge in [0.2, 0.25) is 0 Å². The van der Waals surface area contributed by atoms with Crippen molar-refractivity contribution in [1.82, 2.24) is 15.5 Å². The summed E-state index contributed by atoms with van der Waals surface area (Å²) in [4.78, 5) is 2.42. The minimum atomic E-state index is 0.739. The van der Waals surface area contributed by atoms with Crippen LogP contribution in [0.1, 0.15) is 25.8 Å². The van der Waals surface area contributed by atoms with Crippen LogP contribution < -0.4 is 10.6 Å². The molecule has 0 unspecified atom stereocenters. The van der Waals surface area contributed by atoms with Gasteiger partial charge in [-0.15, -0.1) is 0 Å².